The molecule has 0 atom stereocenters. The molecule has 3 heterocycles. The molecule has 4 rings (SSSR count). The maximum absolute atomic E-state index is 13.1. The zero-order valence-electron chi connectivity index (χ0n) is 21.6. The third-order valence-corrected chi connectivity index (χ3v) is 7.10. The summed E-state index contributed by atoms with van der Waals surface area (Å²) in [6.07, 6.45) is 1.15. The van der Waals surface area contributed by atoms with Crippen molar-refractivity contribution in [3.63, 3.8) is 0 Å². The Morgan fingerprint density at radius 1 is 1.15 bits per heavy atom. The maximum atomic E-state index is 13.1. The summed E-state index contributed by atoms with van der Waals surface area (Å²) in [6.45, 7) is 16.7. The maximum Gasteiger partial charge on any atom is 0.494 e. The van der Waals surface area contributed by atoms with Crippen molar-refractivity contribution in [2.45, 2.75) is 91.0 Å². The monoisotopic (exact) mass is 469 g/mol. The number of nitrogens with one attached hydrogen (secondary N) is 1. The quantitative estimate of drug-likeness (QED) is 0.675. The van der Waals surface area contributed by atoms with Crippen LogP contribution in [0, 0.1) is 6.92 Å². The Hall–Kier alpha value is -2.39. The van der Waals surface area contributed by atoms with Crippen LogP contribution in [0.25, 0.3) is 10.9 Å². The summed E-state index contributed by atoms with van der Waals surface area (Å²) in [6, 6.07) is 3.82. The van der Waals surface area contributed by atoms with Gasteiger partial charge >= 0.3 is 13.2 Å². The van der Waals surface area contributed by atoms with Crippen molar-refractivity contribution in [2.24, 2.45) is 0 Å². The number of aromatic nitrogens is 2. The van der Waals surface area contributed by atoms with Crippen molar-refractivity contribution in [1.82, 2.24) is 14.9 Å². The smallest absolute Gasteiger partial charge is 0.444 e. The topological polar surface area (TPSA) is 93.8 Å². The van der Waals surface area contributed by atoms with Gasteiger partial charge in [-0.25, -0.2) is 9.78 Å². The first-order valence-electron chi connectivity index (χ1n) is 12.0. The number of carbonyl (C=O) groups is 1. The molecule has 1 amide bonds. The Bertz CT molecular complexity index is 1140. The summed E-state index contributed by atoms with van der Waals surface area (Å²) in [4.78, 5) is 35.0. The van der Waals surface area contributed by atoms with Gasteiger partial charge in [-0.15, -0.1) is 0 Å². The van der Waals surface area contributed by atoms with Crippen molar-refractivity contribution >= 4 is 29.6 Å². The lowest BCUT2D eigenvalue weighted by molar-refractivity contribution is 0.00578. The van der Waals surface area contributed by atoms with Crippen LogP contribution in [0.3, 0.4) is 0 Å². The number of hydrogen-bond donors (Lipinski definition) is 1. The second-order valence-corrected chi connectivity index (χ2v) is 11.5. The first kappa shape index (κ1) is 24.7. The highest BCUT2D eigenvalue weighted by Crippen LogP contribution is 2.36. The van der Waals surface area contributed by atoms with Crippen LogP contribution >= 0.6 is 0 Å². The van der Waals surface area contributed by atoms with Crippen LogP contribution in [0.2, 0.25) is 0 Å². The molecule has 9 heteroatoms. The molecule has 2 aromatic rings. The van der Waals surface area contributed by atoms with Gasteiger partial charge in [-0.1, -0.05) is 6.07 Å². The lowest BCUT2D eigenvalue weighted by Gasteiger charge is -2.33. The number of aromatic amines is 1. The minimum Gasteiger partial charge on any atom is -0.444 e. The second-order valence-electron chi connectivity index (χ2n) is 11.5. The van der Waals surface area contributed by atoms with Gasteiger partial charge in [0.1, 0.15) is 11.4 Å². The second kappa shape index (κ2) is 8.38. The van der Waals surface area contributed by atoms with Gasteiger partial charge in [0.15, 0.2) is 0 Å². The van der Waals surface area contributed by atoms with Crippen molar-refractivity contribution < 1.29 is 18.8 Å². The highest BCUT2D eigenvalue weighted by atomic mass is 16.7. The molecule has 2 aliphatic heterocycles. The van der Waals surface area contributed by atoms with Gasteiger partial charge in [0, 0.05) is 19.0 Å². The Labute approximate surface area is 201 Å². The van der Waals surface area contributed by atoms with E-state index in [9.17, 15) is 9.59 Å². The number of ether oxygens (including phenoxy) is 1. The Kier molecular flexibility index (Phi) is 6.09. The Morgan fingerprint density at radius 3 is 2.29 bits per heavy atom. The average Bonchev–Trinajstić information content (AvgIpc) is 2.94. The summed E-state index contributed by atoms with van der Waals surface area (Å²) >= 11 is 0. The molecule has 0 spiro atoms. The van der Waals surface area contributed by atoms with Crippen LogP contribution in [0.1, 0.15) is 78.6 Å². The van der Waals surface area contributed by atoms with Crippen LogP contribution in [-0.4, -0.2) is 58.0 Å². The van der Waals surface area contributed by atoms with Crippen molar-refractivity contribution in [3.05, 3.63) is 33.9 Å². The minimum absolute atomic E-state index is 0.0814. The largest absolute Gasteiger partial charge is 0.494 e. The molecule has 0 bridgehead atoms. The van der Waals surface area contributed by atoms with E-state index in [2.05, 4.69) is 4.98 Å². The first-order chi connectivity index (χ1) is 15.7. The summed E-state index contributed by atoms with van der Waals surface area (Å²) in [5.74, 6) is 0.755. The predicted octanol–water partition coefficient (Wildman–Crippen LogP) is 3.65. The molecule has 0 radical (unpaired) electrons. The van der Waals surface area contributed by atoms with Gasteiger partial charge < -0.3 is 23.9 Å². The van der Waals surface area contributed by atoms with Crippen LogP contribution in [0.5, 0.6) is 0 Å². The molecule has 8 nitrogen and oxygen atoms in total. The van der Waals surface area contributed by atoms with E-state index in [1.807, 2.05) is 67.5 Å². The number of rotatable bonds is 2. The Balaban J connectivity index is 1.55. The number of carbonyl (C=O) groups excluding carboxylic acids is 1. The Morgan fingerprint density at radius 2 is 1.74 bits per heavy atom. The van der Waals surface area contributed by atoms with E-state index in [1.165, 1.54) is 0 Å². The molecule has 1 aromatic carbocycles. The lowest BCUT2D eigenvalue weighted by atomic mass is 9.77. The molecule has 0 aliphatic carbocycles. The molecule has 0 saturated carbocycles. The number of piperidine rings is 1. The van der Waals surface area contributed by atoms with Gasteiger partial charge in [0.05, 0.1) is 22.1 Å². The number of amides is 1. The van der Waals surface area contributed by atoms with Crippen molar-refractivity contribution in [3.8, 4) is 0 Å². The zero-order valence-corrected chi connectivity index (χ0v) is 21.6. The van der Waals surface area contributed by atoms with E-state index in [1.54, 1.807) is 4.90 Å². The molecule has 1 N–H and O–H groups in total. The van der Waals surface area contributed by atoms with E-state index >= 15 is 0 Å². The fraction of sp³-hybridized carbons (Fsp3) is 0.640. The van der Waals surface area contributed by atoms with E-state index in [-0.39, 0.29) is 17.6 Å². The van der Waals surface area contributed by atoms with Crippen molar-refractivity contribution in [2.75, 3.05) is 13.1 Å². The third-order valence-electron chi connectivity index (χ3n) is 7.10. The summed E-state index contributed by atoms with van der Waals surface area (Å²) in [5.41, 5.74) is 0.807. The molecule has 2 fully saturated rings. The van der Waals surface area contributed by atoms with Crippen LogP contribution in [0.15, 0.2) is 16.9 Å². The standard InChI is InChI=1S/C25H36BN3O5/c1-15-13-17(26-33-24(5,6)25(7,8)34-26)14-18-19(15)27-20(28-21(18)30)16-9-11-29(12-10-16)22(31)32-23(2,3)4/h13-14,16H,9-12H2,1-8H3,(H,27,28,30). The van der Waals surface area contributed by atoms with E-state index < -0.39 is 23.9 Å². The molecule has 34 heavy (non-hydrogen) atoms. The first-order valence-corrected chi connectivity index (χ1v) is 12.0. The molecule has 1 aromatic heterocycles. The average molecular weight is 469 g/mol. The van der Waals surface area contributed by atoms with Gasteiger partial charge in [-0.2, -0.15) is 0 Å². The SMILES string of the molecule is Cc1cc(B2OC(C)(C)C(C)(C)O2)cc2c(=O)[nH]c(C3CCN(C(=O)OC(C)(C)C)CC3)nc12. The van der Waals surface area contributed by atoms with Crippen LogP contribution in [0.4, 0.5) is 4.79 Å². The summed E-state index contributed by atoms with van der Waals surface area (Å²) in [5, 5.41) is 0.527. The number of hydrogen-bond acceptors (Lipinski definition) is 6. The van der Waals surface area contributed by atoms with Crippen molar-refractivity contribution in [1.29, 1.82) is 0 Å². The van der Waals surface area contributed by atoms with Gasteiger partial charge in [0.2, 0.25) is 0 Å². The molecule has 2 aliphatic rings. The zero-order chi connectivity index (χ0) is 25.1. The van der Waals surface area contributed by atoms with E-state index in [0.29, 0.717) is 29.8 Å². The number of fused-ring (bicyclic) bond motifs is 1. The number of aryl methyl sites for hydroxylation is 1. The predicted molar refractivity (Wildman–Crippen MR) is 133 cm³/mol. The highest BCUT2D eigenvalue weighted by Gasteiger charge is 2.51. The fourth-order valence-corrected chi connectivity index (χ4v) is 4.43. The van der Waals surface area contributed by atoms with E-state index in [0.717, 1.165) is 23.9 Å². The number of H-pyrrole nitrogens is 1. The number of benzene rings is 1. The summed E-state index contributed by atoms with van der Waals surface area (Å²) in [7, 11) is -0.538. The van der Waals surface area contributed by atoms with E-state index in [4.69, 9.17) is 19.0 Å². The summed E-state index contributed by atoms with van der Waals surface area (Å²) < 4.78 is 17.8. The number of nitrogens with zero attached hydrogens (tertiary/aromatic N) is 2. The number of likely N-dealkylation sites (tertiary alicyclic amines) is 1. The normalized spacial score (nSPS) is 20.7. The van der Waals surface area contributed by atoms with Gasteiger partial charge in [-0.05, 0) is 85.3 Å². The van der Waals surface area contributed by atoms with Gasteiger partial charge in [-0.3, -0.25) is 4.79 Å². The third kappa shape index (κ3) is 4.73. The molecule has 184 valence electrons. The highest BCUT2D eigenvalue weighted by molar-refractivity contribution is 6.62. The molecular weight excluding hydrogens is 433 g/mol. The minimum atomic E-state index is -0.538. The molecular formula is C25H36BN3O5. The van der Waals surface area contributed by atoms with Crippen LogP contribution < -0.4 is 11.0 Å². The lowest BCUT2D eigenvalue weighted by Crippen LogP contribution is -2.41. The van der Waals surface area contributed by atoms with Crippen LogP contribution in [-0.2, 0) is 14.0 Å². The molecule has 2 saturated heterocycles. The fourth-order valence-electron chi connectivity index (χ4n) is 4.43. The molecule has 0 unspecified atom stereocenters. The van der Waals surface area contributed by atoms with Gasteiger partial charge in [0.25, 0.3) is 5.56 Å².